The number of aryl methyl sites for hydroxylation is 1. The van der Waals surface area contributed by atoms with Crippen LogP contribution in [0.2, 0.25) is 0 Å². The number of aromatic nitrogens is 2. The summed E-state index contributed by atoms with van der Waals surface area (Å²) in [6.45, 7) is 8.36. The van der Waals surface area contributed by atoms with Gasteiger partial charge in [0.05, 0.1) is 28.1 Å². The first kappa shape index (κ1) is 27.8. The molecule has 200 valence electrons. The molecule has 2 aromatic rings. The normalized spacial score (nSPS) is 24.2. The van der Waals surface area contributed by atoms with Gasteiger partial charge in [0.25, 0.3) is 0 Å². The highest BCUT2D eigenvalue weighted by molar-refractivity contribution is 7.99. The first-order chi connectivity index (χ1) is 17.5. The van der Waals surface area contributed by atoms with Crippen LogP contribution in [0, 0.1) is 29.1 Å². The number of aromatic carboxylic acids is 1. The second-order valence-electron chi connectivity index (χ2n) is 11.7. The molecule has 37 heavy (non-hydrogen) atoms. The highest BCUT2D eigenvalue weighted by Crippen LogP contribution is 2.41. The van der Waals surface area contributed by atoms with Gasteiger partial charge in [-0.2, -0.15) is 0 Å². The molecule has 2 heterocycles. The first-order valence-electron chi connectivity index (χ1n) is 13.4. The average molecular weight is 542 g/mol. The Balaban J connectivity index is 1.62. The molecule has 0 aromatic carbocycles. The number of nitrogens with zero attached hydrogens (tertiary/aromatic N) is 3. The van der Waals surface area contributed by atoms with Crippen LogP contribution in [-0.4, -0.2) is 37.8 Å². The quantitative estimate of drug-likeness (QED) is 0.405. The van der Waals surface area contributed by atoms with Crippen molar-refractivity contribution in [2.24, 2.45) is 24.3 Å². The Bertz CT molecular complexity index is 1170. The lowest BCUT2D eigenvalue weighted by Gasteiger charge is -2.39. The molecule has 0 aliphatic heterocycles. The SMILES string of the molecule is Cn1cncc1S[C@H]1CC[C@@H](N(c2cc(C#CC(C)(C)C)sc2C(=O)O)C(=O)[C@H]2CC[C@H](C)CC2)CC1. The molecular weight excluding hydrogens is 502 g/mol. The zero-order chi connectivity index (χ0) is 26.7. The van der Waals surface area contributed by atoms with Crippen LogP contribution in [0.15, 0.2) is 23.6 Å². The molecule has 0 saturated heterocycles. The number of rotatable bonds is 6. The van der Waals surface area contributed by atoms with Gasteiger partial charge in [-0.1, -0.05) is 18.8 Å². The summed E-state index contributed by atoms with van der Waals surface area (Å²) in [4.78, 5) is 33.5. The molecule has 0 bridgehead atoms. The molecule has 1 amide bonds. The van der Waals surface area contributed by atoms with Crippen LogP contribution in [-0.2, 0) is 11.8 Å². The summed E-state index contributed by atoms with van der Waals surface area (Å²) in [5.41, 5.74) is 0.355. The fourth-order valence-corrected chi connectivity index (χ4v) is 7.30. The molecule has 1 N–H and O–H groups in total. The molecule has 8 heteroatoms. The van der Waals surface area contributed by atoms with E-state index in [-0.39, 0.29) is 28.2 Å². The minimum absolute atomic E-state index is 0.00589. The van der Waals surface area contributed by atoms with Gasteiger partial charge >= 0.3 is 5.97 Å². The lowest BCUT2D eigenvalue weighted by atomic mass is 9.81. The molecule has 2 aromatic heterocycles. The number of thiophene rings is 1. The zero-order valence-corrected chi connectivity index (χ0v) is 24.3. The van der Waals surface area contributed by atoms with Gasteiger partial charge in [0, 0.05) is 29.7 Å². The Morgan fingerprint density at radius 3 is 2.38 bits per heavy atom. The lowest BCUT2D eigenvalue weighted by molar-refractivity contribution is -0.124. The third kappa shape index (κ3) is 7.00. The summed E-state index contributed by atoms with van der Waals surface area (Å²) < 4.78 is 2.04. The third-order valence-electron chi connectivity index (χ3n) is 7.40. The smallest absolute Gasteiger partial charge is 0.348 e. The van der Waals surface area contributed by atoms with Gasteiger partial charge in [-0.05, 0) is 84.1 Å². The largest absolute Gasteiger partial charge is 0.477 e. The average Bonchev–Trinajstić information content (AvgIpc) is 3.45. The maximum atomic E-state index is 14.1. The van der Waals surface area contributed by atoms with Crippen molar-refractivity contribution in [2.75, 3.05) is 4.90 Å². The van der Waals surface area contributed by atoms with Crippen LogP contribution < -0.4 is 4.90 Å². The molecule has 0 spiro atoms. The Kier molecular flexibility index (Phi) is 8.75. The van der Waals surface area contributed by atoms with Crippen LogP contribution >= 0.6 is 23.1 Å². The summed E-state index contributed by atoms with van der Waals surface area (Å²) in [7, 11) is 2.01. The highest BCUT2D eigenvalue weighted by atomic mass is 32.2. The number of amides is 1. The van der Waals surface area contributed by atoms with E-state index in [0.29, 0.717) is 21.7 Å². The van der Waals surface area contributed by atoms with Crippen molar-refractivity contribution in [1.29, 1.82) is 0 Å². The van der Waals surface area contributed by atoms with E-state index in [9.17, 15) is 14.7 Å². The van der Waals surface area contributed by atoms with Crippen LogP contribution in [0.5, 0.6) is 0 Å². The van der Waals surface area contributed by atoms with Crippen molar-refractivity contribution >= 4 is 40.7 Å². The van der Waals surface area contributed by atoms with Gasteiger partial charge in [-0.15, -0.1) is 23.1 Å². The Morgan fingerprint density at radius 2 is 1.81 bits per heavy atom. The minimum Gasteiger partial charge on any atom is -0.477 e. The molecule has 2 fully saturated rings. The number of carboxylic acid groups (broad SMARTS) is 1. The monoisotopic (exact) mass is 541 g/mol. The van der Waals surface area contributed by atoms with Gasteiger partial charge in [-0.3, -0.25) is 4.79 Å². The molecule has 6 nitrogen and oxygen atoms in total. The Hall–Kier alpha value is -2.24. The lowest BCUT2D eigenvalue weighted by Crippen LogP contribution is -2.46. The number of anilines is 1. The third-order valence-corrected chi connectivity index (χ3v) is 9.87. The fraction of sp³-hybridized carbons (Fsp3) is 0.621. The zero-order valence-electron chi connectivity index (χ0n) is 22.6. The van der Waals surface area contributed by atoms with E-state index >= 15 is 0 Å². The number of carbonyl (C=O) groups excluding carboxylic acids is 1. The number of hydrogen-bond donors (Lipinski definition) is 1. The van der Waals surface area contributed by atoms with Gasteiger partial charge in [0.15, 0.2) is 0 Å². The summed E-state index contributed by atoms with van der Waals surface area (Å²) in [6, 6.07) is 1.86. The van der Waals surface area contributed by atoms with Gasteiger partial charge < -0.3 is 14.6 Å². The topological polar surface area (TPSA) is 75.4 Å². The van der Waals surface area contributed by atoms with Crippen LogP contribution in [0.3, 0.4) is 0 Å². The van der Waals surface area contributed by atoms with Crippen molar-refractivity contribution in [3.05, 3.63) is 28.3 Å². The van der Waals surface area contributed by atoms with E-state index in [1.54, 1.807) is 0 Å². The number of carboxylic acids is 1. The van der Waals surface area contributed by atoms with Gasteiger partial charge in [0.2, 0.25) is 5.91 Å². The molecule has 0 radical (unpaired) electrons. The second kappa shape index (κ2) is 11.7. The second-order valence-corrected chi connectivity index (χ2v) is 14.1. The summed E-state index contributed by atoms with van der Waals surface area (Å²) in [6.07, 6.45) is 11.3. The number of hydrogen-bond acceptors (Lipinski definition) is 5. The Labute approximate surface area is 229 Å². The van der Waals surface area contributed by atoms with Crippen molar-refractivity contribution in [3.63, 3.8) is 0 Å². The molecular formula is C29H39N3O3S2. The number of imidazole rings is 1. The first-order valence-corrected chi connectivity index (χ1v) is 15.1. The number of thioether (sulfide) groups is 1. The predicted molar refractivity (Wildman–Crippen MR) is 151 cm³/mol. The molecule has 0 unspecified atom stereocenters. The predicted octanol–water partition coefficient (Wildman–Crippen LogP) is 6.84. The summed E-state index contributed by atoms with van der Waals surface area (Å²) >= 11 is 3.04. The van der Waals surface area contributed by atoms with Crippen molar-refractivity contribution < 1.29 is 14.7 Å². The Morgan fingerprint density at radius 1 is 1.14 bits per heavy atom. The van der Waals surface area contributed by atoms with E-state index in [4.69, 9.17) is 0 Å². The van der Waals surface area contributed by atoms with Crippen molar-refractivity contribution in [2.45, 2.75) is 95.4 Å². The standard InChI is InChI=1S/C29H39N3O3S2/c1-19-6-8-20(9-7-19)27(33)32(21-10-12-22(13-11-21)36-25-17-30-18-31(25)5)24-16-23(14-15-29(2,3)4)37-26(24)28(34)35/h16-22H,6-13H2,1-5H3,(H,34,35)/t19-,20-,21-,22+. The molecule has 2 aliphatic carbocycles. The van der Waals surface area contributed by atoms with E-state index in [1.165, 1.54) is 11.3 Å². The van der Waals surface area contributed by atoms with Crippen LogP contribution in [0.25, 0.3) is 0 Å². The van der Waals surface area contributed by atoms with Crippen molar-refractivity contribution in [3.8, 4) is 11.8 Å². The maximum Gasteiger partial charge on any atom is 0.348 e. The summed E-state index contributed by atoms with van der Waals surface area (Å²) in [5, 5.41) is 11.7. The molecule has 0 atom stereocenters. The maximum absolute atomic E-state index is 14.1. The van der Waals surface area contributed by atoms with E-state index in [1.807, 2.05) is 67.6 Å². The molecule has 2 aliphatic rings. The fourth-order valence-electron chi connectivity index (χ4n) is 5.27. The van der Waals surface area contributed by atoms with E-state index < -0.39 is 5.97 Å². The van der Waals surface area contributed by atoms with Gasteiger partial charge in [-0.25, -0.2) is 9.78 Å². The number of carbonyl (C=O) groups is 2. The van der Waals surface area contributed by atoms with Gasteiger partial charge in [0.1, 0.15) is 4.88 Å². The minimum atomic E-state index is -0.987. The highest BCUT2D eigenvalue weighted by Gasteiger charge is 2.37. The van der Waals surface area contributed by atoms with Crippen LogP contribution in [0.1, 0.15) is 93.6 Å². The summed E-state index contributed by atoms with van der Waals surface area (Å²) in [5.74, 6) is 6.12. The molecule has 4 rings (SSSR count). The van der Waals surface area contributed by atoms with E-state index in [0.717, 1.165) is 56.4 Å². The van der Waals surface area contributed by atoms with Crippen molar-refractivity contribution in [1.82, 2.24) is 9.55 Å². The van der Waals surface area contributed by atoms with E-state index in [2.05, 4.69) is 23.7 Å². The molecule has 2 saturated carbocycles. The van der Waals surface area contributed by atoms with Crippen LogP contribution in [0.4, 0.5) is 5.69 Å².